The van der Waals surface area contributed by atoms with E-state index in [1.54, 1.807) is 34.2 Å². The van der Waals surface area contributed by atoms with Crippen LogP contribution in [0.3, 0.4) is 0 Å². The van der Waals surface area contributed by atoms with E-state index in [4.69, 9.17) is 0 Å². The minimum Gasteiger partial charge on any atom is -0.353 e. The van der Waals surface area contributed by atoms with Gasteiger partial charge >= 0.3 is 0 Å². The molecule has 1 atom stereocenters. The molecule has 0 radical (unpaired) electrons. The first kappa shape index (κ1) is 17.3. The number of fused-ring (bicyclic) bond motifs is 1. The smallest absolute Gasteiger partial charge is 0.241 e. The number of para-hydroxylation sites is 1. The first-order valence-electron chi connectivity index (χ1n) is 7.97. The fraction of sp³-hybridized carbons (Fsp3) is 0.278. The molecule has 3 rings (SSSR count). The molecule has 7 heteroatoms. The van der Waals surface area contributed by atoms with Crippen molar-refractivity contribution >= 4 is 28.1 Å². The number of likely N-dealkylation sites (N-methyl/N-ethyl adjacent to an activating group) is 1. The molecule has 0 saturated heterocycles. The highest BCUT2D eigenvalue weighted by atomic mass is 32.1. The Balaban J connectivity index is 1.71. The fourth-order valence-electron chi connectivity index (χ4n) is 2.71. The second-order valence-corrected chi connectivity index (χ2v) is 6.96. The first-order valence-corrected chi connectivity index (χ1v) is 8.85. The van der Waals surface area contributed by atoms with Crippen LogP contribution >= 0.6 is 11.3 Å². The Morgan fingerprint density at radius 2 is 2.08 bits per heavy atom. The van der Waals surface area contributed by atoms with Gasteiger partial charge in [-0.2, -0.15) is 5.10 Å². The number of aromatic nitrogens is 2. The van der Waals surface area contributed by atoms with Gasteiger partial charge in [-0.05, 0) is 37.7 Å². The van der Waals surface area contributed by atoms with Crippen LogP contribution in [-0.2, 0) is 11.3 Å². The molecule has 0 unspecified atom stereocenters. The van der Waals surface area contributed by atoms with Gasteiger partial charge in [0.25, 0.3) is 0 Å². The second kappa shape index (κ2) is 7.58. The van der Waals surface area contributed by atoms with Crippen LogP contribution in [0.15, 0.2) is 52.8 Å². The number of hydrogen-bond donors (Lipinski definition) is 1. The molecule has 0 aliphatic heterocycles. The van der Waals surface area contributed by atoms with E-state index in [2.05, 4.69) is 21.4 Å². The lowest BCUT2D eigenvalue weighted by molar-refractivity contribution is -0.122. The maximum absolute atomic E-state index is 12.4. The normalized spacial score (nSPS) is 12.4. The third kappa shape index (κ3) is 3.94. The Morgan fingerprint density at radius 3 is 2.80 bits per heavy atom. The van der Waals surface area contributed by atoms with E-state index < -0.39 is 0 Å². The molecule has 0 aliphatic rings. The molecule has 2 heterocycles. The Morgan fingerprint density at radius 1 is 1.28 bits per heavy atom. The van der Waals surface area contributed by atoms with Gasteiger partial charge in [0.15, 0.2) is 0 Å². The lowest BCUT2D eigenvalue weighted by atomic mass is 10.2. The average molecular weight is 356 g/mol. The molecule has 3 aromatic rings. The van der Waals surface area contributed by atoms with E-state index in [1.165, 1.54) is 11.1 Å². The van der Waals surface area contributed by atoms with Crippen molar-refractivity contribution in [2.45, 2.75) is 12.6 Å². The van der Waals surface area contributed by atoms with Crippen molar-refractivity contribution in [2.24, 2.45) is 0 Å². The zero-order chi connectivity index (χ0) is 17.8. The summed E-state index contributed by atoms with van der Waals surface area (Å²) in [4.78, 5) is 27.5. The number of amides is 1. The predicted octanol–water partition coefficient (Wildman–Crippen LogP) is 1.88. The summed E-state index contributed by atoms with van der Waals surface area (Å²) >= 11 is 1.67. The Kier molecular flexibility index (Phi) is 5.25. The zero-order valence-electron chi connectivity index (χ0n) is 14.2. The Labute approximate surface area is 149 Å². The lowest BCUT2D eigenvalue weighted by Gasteiger charge is -2.23. The van der Waals surface area contributed by atoms with Gasteiger partial charge in [-0.15, -0.1) is 11.3 Å². The third-order valence-electron chi connectivity index (χ3n) is 4.04. The van der Waals surface area contributed by atoms with Crippen molar-refractivity contribution in [3.8, 4) is 0 Å². The van der Waals surface area contributed by atoms with Crippen molar-refractivity contribution < 1.29 is 4.79 Å². The molecule has 1 amide bonds. The lowest BCUT2D eigenvalue weighted by Crippen LogP contribution is -2.36. The number of nitrogens with one attached hydrogen (secondary N) is 1. The van der Waals surface area contributed by atoms with Gasteiger partial charge in [0.1, 0.15) is 6.54 Å². The maximum atomic E-state index is 12.4. The Hall–Kier alpha value is -2.51. The summed E-state index contributed by atoms with van der Waals surface area (Å²) in [6, 6.07) is 11.4. The van der Waals surface area contributed by atoms with E-state index in [1.807, 2.05) is 31.6 Å². The summed E-state index contributed by atoms with van der Waals surface area (Å²) in [5, 5.41) is 9.66. The van der Waals surface area contributed by atoms with E-state index in [9.17, 15) is 9.59 Å². The monoisotopic (exact) mass is 356 g/mol. The summed E-state index contributed by atoms with van der Waals surface area (Å²) < 4.78 is 1.56. The van der Waals surface area contributed by atoms with E-state index in [-0.39, 0.29) is 23.9 Å². The summed E-state index contributed by atoms with van der Waals surface area (Å²) in [6.45, 7) is 0.593. The molecule has 0 spiro atoms. The molecular formula is C18H20N4O2S. The van der Waals surface area contributed by atoms with Gasteiger partial charge in [0.05, 0.1) is 17.8 Å². The summed E-state index contributed by atoms with van der Waals surface area (Å²) in [6.07, 6.45) is 1.25. The van der Waals surface area contributed by atoms with E-state index in [0.717, 1.165) is 0 Å². The standard InChI is InChI=1S/C18H20N4O2S/c1-21(2)15(17-8-5-9-25-17)10-19-18(24)12-22-14-7-4-3-6-13(14)16(23)11-20-22/h3-9,11,15H,10,12H2,1-2H3,(H,19,24)/t15-/m0/s1. The number of carbonyl (C=O) groups excluding carboxylic acids is 1. The largest absolute Gasteiger partial charge is 0.353 e. The van der Waals surface area contributed by atoms with Crippen molar-refractivity contribution in [3.05, 3.63) is 63.1 Å². The minimum absolute atomic E-state index is 0.0748. The molecule has 0 aliphatic carbocycles. The average Bonchev–Trinajstić information content (AvgIpc) is 3.12. The number of benzene rings is 1. The summed E-state index contributed by atoms with van der Waals surface area (Å²) in [7, 11) is 3.99. The highest BCUT2D eigenvalue weighted by molar-refractivity contribution is 7.10. The van der Waals surface area contributed by atoms with Gasteiger partial charge in [0, 0.05) is 16.8 Å². The number of carbonyl (C=O) groups is 1. The van der Waals surface area contributed by atoms with Crippen molar-refractivity contribution in [1.29, 1.82) is 0 Å². The van der Waals surface area contributed by atoms with Crippen LogP contribution in [-0.4, -0.2) is 41.2 Å². The summed E-state index contributed by atoms with van der Waals surface area (Å²) in [5.74, 6) is -0.135. The SMILES string of the molecule is CN(C)[C@@H](CNC(=O)Cn1ncc(=O)c2ccccc21)c1cccs1. The molecular weight excluding hydrogens is 336 g/mol. The minimum atomic E-state index is -0.141. The van der Waals surface area contributed by atoms with Crippen molar-refractivity contribution in [2.75, 3.05) is 20.6 Å². The fourth-order valence-corrected chi connectivity index (χ4v) is 3.63. The number of hydrogen-bond acceptors (Lipinski definition) is 5. The molecule has 130 valence electrons. The molecule has 1 N–H and O–H groups in total. The number of nitrogens with zero attached hydrogens (tertiary/aromatic N) is 3. The molecule has 6 nitrogen and oxygen atoms in total. The van der Waals surface area contributed by atoms with Gasteiger partial charge in [-0.1, -0.05) is 18.2 Å². The molecule has 0 bridgehead atoms. The van der Waals surface area contributed by atoms with Gasteiger partial charge in [-0.25, -0.2) is 0 Å². The van der Waals surface area contributed by atoms with Crippen LogP contribution in [0.1, 0.15) is 10.9 Å². The highest BCUT2D eigenvalue weighted by Gasteiger charge is 2.16. The van der Waals surface area contributed by atoms with Crippen LogP contribution in [0.25, 0.3) is 10.9 Å². The third-order valence-corrected chi connectivity index (χ3v) is 5.02. The quantitative estimate of drug-likeness (QED) is 0.732. The van der Waals surface area contributed by atoms with E-state index >= 15 is 0 Å². The molecule has 25 heavy (non-hydrogen) atoms. The van der Waals surface area contributed by atoms with Gasteiger partial charge < -0.3 is 10.2 Å². The molecule has 1 aromatic carbocycles. The highest BCUT2D eigenvalue weighted by Crippen LogP contribution is 2.22. The van der Waals surface area contributed by atoms with E-state index in [0.29, 0.717) is 17.4 Å². The first-order chi connectivity index (χ1) is 12.1. The van der Waals surface area contributed by atoms with Crippen molar-refractivity contribution in [1.82, 2.24) is 20.0 Å². The molecule has 0 fully saturated rings. The van der Waals surface area contributed by atoms with Crippen LogP contribution in [0, 0.1) is 0 Å². The van der Waals surface area contributed by atoms with Crippen LogP contribution < -0.4 is 10.7 Å². The molecule has 0 saturated carbocycles. The second-order valence-electron chi connectivity index (χ2n) is 5.98. The zero-order valence-corrected chi connectivity index (χ0v) is 15.0. The van der Waals surface area contributed by atoms with Crippen LogP contribution in [0.4, 0.5) is 0 Å². The summed E-state index contributed by atoms with van der Waals surface area (Å²) in [5.41, 5.74) is 0.519. The number of thiophene rings is 1. The predicted molar refractivity (Wildman–Crippen MR) is 99.8 cm³/mol. The van der Waals surface area contributed by atoms with Crippen LogP contribution in [0.5, 0.6) is 0 Å². The van der Waals surface area contributed by atoms with Gasteiger partial charge in [-0.3, -0.25) is 14.3 Å². The topological polar surface area (TPSA) is 67.2 Å². The maximum Gasteiger partial charge on any atom is 0.241 e. The van der Waals surface area contributed by atoms with Gasteiger partial charge in [0.2, 0.25) is 11.3 Å². The molecule has 2 aromatic heterocycles. The van der Waals surface area contributed by atoms with Crippen molar-refractivity contribution in [3.63, 3.8) is 0 Å². The Bertz CT molecular complexity index is 918. The number of rotatable bonds is 6. The van der Waals surface area contributed by atoms with Crippen LogP contribution in [0.2, 0.25) is 0 Å².